The highest BCUT2D eigenvalue weighted by Crippen LogP contribution is 2.08. The fourth-order valence-corrected chi connectivity index (χ4v) is 1.23. The molecule has 0 aliphatic heterocycles. The predicted octanol–water partition coefficient (Wildman–Crippen LogP) is 0.947. The molecule has 0 spiro atoms. The van der Waals surface area contributed by atoms with Crippen molar-refractivity contribution in [3.8, 4) is 0 Å². The fraction of sp³-hybridized carbons (Fsp3) is 0.111. The SMILES string of the molecule is Cl.O=C(O)c1cn2ccc(CO)cc2n1. The largest absolute Gasteiger partial charge is 0.476 e. The Kier molecular flexibility index (Phi) is 3.28. The minimum absolute atomic E-state index is 0. The second-order valence-electron chi connectivity index (χ2n) is 2.89. The molecule has 2 aromatic rings. The van der Waals surface area contributed by atoms with E-state index >= 15 is 0 Å². The van der Waals surface area contributed by atoms with Crippen molar-refractivity contribution in [1.29, 1.82) is 0 Å². The number of aromatic carboxylic acids is 1. The van der Waals surface area contributed by atoms with E-state index in [-0.39, 0.29) is 24.7 Å². The zero-order valence-electron chi connectivity index (χ0n) is 7.62. The summed E-state index contributed by atoms with van der Waals surface area (Å²) in [4.78, 5) is 14.5. The lowest BCUT2D eigenvalue weighted by Gasteiger charge is -1.95. The van der Waals surface area contributed by atoms with Crippen molar-refractivity contribution in [2.24, 2.45) is 0 Å². The van der Waals surface area contributed by atoms with Gasteiger partial charge < -0.3 is 14.6 Å². The van der Waals surface area contributed by atoms with Gasteiger partial charge in [0.05, 0.1) is 6.61 Å². The lowest BCUT2D eigenvalue weighted by molar-refractivity contribution is 0.0691. The summed E-state index contributed by atoms with van der Waals surface area (Å²) < 4.78 is 1.60. The van der Waals surface area contributed by atoms with Gasteiger partial charge in [-0.1, -0.05) is 0 Å². The minimum Gasteiger partial charge on any atom is -0.476 e. The molecule has 2 N–H and O–H groups in total. The van der Waals surface area contributed by atoms with Crippen LogP contribution >= 0.6 is 12.4 Å². The number of nitrogens with zero attached hydrogens (tertiary/aromatic N) is 2. The van der Waals surface area contributed by atoms with Gasteiger partial charge in [-0.25, -0.2) is 9.78 Å². The maximum absolute atomic E-state index is 10.6. The number of aliphatic hydroxyl groups excluding tert-OH is 1. The first kappa shape index (κ1) is 11.5. The van der Waals surface area contributed by atoms with Gasteiger partial charge in [-0.15, -0.1) is 12.4 Å². The molecule has 5 nitrogen and oxygen atoms in total. The molecule has 0 amide bonds. The summed E-state index contributed by atoms with van der Waals surface area (Å²) in [5, 5.41) is 17.5. The number of carboxylic acid groups (broad SMARTS) is 1. The van der Waals surface area contributed by atoms with E-state index in [0.717, 1.165) is 0 Å². The molecule has 15 heavy (non-hydrogen) atoms. The number of hydrogen-bond acceptors (Lipinski definition) is 3. The van der Waals surface area contributed by atoms with Crippen LogP contribution in [-0.2, 0) is 6.61 Å². The van der Waals surface area contributed by atoms with Gasteiger partial charge in [-0.3, -0.25) is 0 Å². The van der Waals surface area contributed by atoms with Crippen molar-refractivity contribution in [2.45, 2.75) is 6.61 Å². The lowest BCUT2D eigenvalue weighted by Crippen LogP contribution is -1.94. The van der Waals surface area contributed by atoms with Crippen LogP contribution in [0, 0.1) is 0 Å². The minimum atomic E-state index is -1.06. The van der Waals surface area contributed by atoms with E-state index in [2.05, 4.69) is 4.98 Å². The first-order valence-electron chi connectivity index (χ1n) is 4.02. The quantitative estimate of drug-likeness (QED) is 0.803. The van der Waals surface area contributed by atoms with E-state index in [1.807, 2.05) is 0 Å². The van der Waals surface area contributed by atoms with Crippen LogP contribution in [0.2, 0.25) is 0 Å². The van der Waals surface area contributed by atoms with Crippen molar-refractivity contribution in [3.63, 3.8) is 0 Å². The van der Waals surface area contributed by atoms with Crippen molar-refractivity contribution in [1.82, 2.24) is 9.38 Å². The number of carboxylic acids is 1. The number of aliphatic hydroxyl groups is 1. The molecule has 0 fully saturated rings. The third kappa shape index (κ3) is 2.08. The molecule has 80 valence electrons. The summed E-state index contributed by atoms with van der Waals surface area (Å²) in [6.07, 6.45) is 3.10. The summed E-state index contributed by atoms with van der Waals surface area (Å²) in [6.45, 7) is -0.0776. The average molecular weight is 229 g/mol. The van der Waals surface area contributed by atoms with Gasteiger partial charge in [0.15, 0.2) is 5.69 Å². The highest BCUT2D eigenvalue weighted by molar-refractivity contribution is 5.86. The van der Waals surface area contributed by atoms with Gasteiger partial charge in [0.2, 0.25) is 0 Å². The Bertz CT molecular complexity index is 495. The molecule has 6 heteroatoms. The first-order valence-corrected chi connectivity index (χ1v) is 4.02. The van der Waals surface area contributed by atoms with Crippen molar-refractivity contribution >= 4 is 24.0 Å². The Balaban J connectivity index is 0.00000112. The molecular formula is C9H9ClN2O3. The molecular weight excluding hydrogens is 220 g/mol. The van der Waals surface area contributed by atoms with Crippen LogP contribution in [0.4, 0.5) is 0 Å². The van der Waals surface area contributed by atoms with Gasteiger partial charge in [0.1, 0.15) is 5.65 Å². The second kappa shape index (κ2) is 4.29. The number of pyridine rings is 1. The first-order chi connectivity index (χ1) is 6.70. The number of halogens is 1. The number of rotatable bonds is 2. The Morgan fingerprint density at radius 2 is 2.27 bits per heavy atom. The summed E-state index contributed by atoms with van der Waals surface area (Å²) in [5.41, 5.74) is 1.23. The van der Waals surface area contributed by atoms with Crippen LogP contribution in [-0.4, -0.2) is 25.6 Å². The molecule has 2 rings (SSSR count). The second-order valence-corrected chi connectivity index (χ2v) is 2.89. The molecule has 0 saturated carbocycles. The average Bonchev–Trinajstić information content (AvgIpc) is 2.59. The summed E-state index contributed by atoms with van der Waals surface area (Å²) in [7, 11) is 0. The summed E-state index contributed by atoms with van der Waals surface area (Å²) in [5.74, 6) is -1.06. The van der Waals surface area contributed by atoms with E-state index in [9.17, 15) is 4.79 Å². The molecule has 2 heterocycles. The topological polar surface area (TPSA) is 74.8 Å². The van der Waals surface area contributed by atoms with Gasteiger partial charge in [0, 0.05) is 12.4 Å². The smallest absolute Gasteiger partial charge is 0.356 e. The van der Waals surface area contributed by atoms with Crippen molar-refractivity contribution < 1.29 is 15.0 Å². The van der Waals surface area contributed by atoms with Crippen LogP contribution in [0.1, 0.15) is 16.1 Å². The normalized spacial score (nSPS) is 9.93. The van der Waals surface area contributed by atoms with E-state index in [0.29, 0.717) is 11.2 Å². The zero-order valence-corrected chi connectivity index (χ0v) is 8.44. The summed E-state index contributed by atoms with van der Waals surface area (Å²) in [6, 6.07) is 3.35. The van der Waals surface area contributed by atoms with Crippen LogP contribution in [0.15, 0.2) is 24.5 Å². The zero-order chi connectivity index (χ0) is 10.1. The lowest BCUT2D eigenvalue weighted by atomic mass is 10.3. The van der Waals surface area contributed by atoms with Crippen LogP contribution in [0.3, 0.4) is 0 Å². The number of hydrogen-bond donors (Lipinski definition) is 2. The van der Waals surface area contributed by atoms with E-state index < -0.39 is 5.97 Å². The molecule has 2 aromatic heterocycles. The molecule has 0 aromatic carbocycles. The van der Waals surface area contributed by atoms with Gasteiger partial charge in [0.25, 0.3) is 0 Å². The molecule has 0 aliphatic rings. The van der Waals surface area contributed by atoms with Crippen LogP contribution in [0.25, 0.3) is 5.65 Å². The maximum Gasteiger partial charge on any atom is 0.356 e. The van der Waals surface area contributed by atoms with E-state index in [1.54, 1.807) is 22.7 Å². The standard InChI is InChI=1S/C9H8N2O3.ClH/c12-5-6-1-2-11-4-7(9(13)14)10-8(11)3-6;/h1-4,12H,5H2,(H,13,14);1H. The fourth-order valence-electron chi connectivity index (χ4n) is 1.23. The highest BCUT2D eigenvalue weighted by atomic mass is 35.5. The number of carbonyl (C=O) groups is 1. The Labute approximate surface area is 91.4 Å². The summed E-state index contributed by atoms with van der Waals surface area (Å²) >= 11 is 0. The third-order valence-electron chi connectivity index (χ3n) is 1.93. The number of imidazole rings is 1. The van der Waals surface area contributed by atoms with Crippen molar-refractivity contribution in [3.05, 3.63) is 35.8 Å². The van der Waals surface area contributed by atoms with Crippen LogP contribution < -0.4 is 0 Å². The van der Waals surface area contributed by atoms with Crippen LogP contribution in [0.5, 0.6) is 0 Å². The van der Waals surface area contributed by atoms with E-state index in [4.69, 9.17) is 10.2 Å². The third-order valence-corrected chi connectivity index (χ3v) is 1.93. The molecule has 0 aliphatic carbocycles. The monoisotopic (exact) mass is 228 g/mol. The predicted molar refractivity (Wildman–Crippen MR) is 55.3 cm³/mol. The van der Waals surface area contributed by atoms with Gasteiger partial charge >= 0.3 is 5.97 Å². The van der Waals surface area contributed by atoms with Gasteiger partial charge in [-0.2, -0.15) is 0 Å². The molecule has 0 saturated heterocycles. The van der Waals surface area contributed by atoms with Crippen molar-refractivity contribution in [2.75, 3.05) is 0 Å². The molecule has 0 radical (unpaired) electrons. The number of aromatic nitrogens is 2. The molecule has 0 atom stereocenters. The Morgan fingerprint density at radius 3 is 2.87 bits per heavy atom. The molecule has 0 bridgehead atoms. The molecule has 0 unspecified atom stereocenters. The Hall–Kier alpha value is -1.59. The maximum atomic E-state index is 10.6. The number of fused-ring (bicyclic) bond motifs is 1. The highest BCUT2D eigenvalue weighted by Gasteiger charge is 2.08. The Morgan fingerprint density at radius 1 is 1.53 bits per heavy atom. The van der Waals surface area contributed by atoms with E-state index in [1.165, 1.54) is 6.20 Å². The van der Waals surface area contributed by atoms with Gasteiger partial charge in [-0.05, 0) is 17.7 Å².